The summed E-state index contributed by atoms with van der Waals surface area (Å²) in [4.78, 5) is 23.1. The first kappa shape index (κ1) is 17.1. The first-order valence-electron chi connectivity index (χ1n) is 5.65. The lowest BCUT2D eigenvalue weighted by molar-refractivity contribution is -0.385. The Balaban J connectivity index is 2.73. The van der Waals surface area contributed by atoms with Crippen LogP contribution >= 0.6 is 50.1 Å². The van der Waals surface area contributed by atoms with Gasteiger partial charge in [0.1, 0.15) is 11.4 Å². The van der Waals surface area contributed by atoms with E-state index in [9.17, 15) is 19.3 Å². The van der Waals surface area contributed by atoms with Crippen molar-refractivity contribution < 1.29 is 14.1 Å². The van der Waals surface area contributed by atoms with Crippen LogP contribution in [-0.4, -0.2) is 10.7 Å². The summed E-state index contributed by atoms with van der Waals surface area (Å²) in [5.74, 6) is -1.33. The SMILES string of the molecule is Nc1c(I)cc([N+](=O)[O-])c(C(=O)c2ccc(F)cc2Cl)c1Br. The highest BCUT2D eigenvalue weighted by molar-refractivity contribution is 14.1. The van der Waals surface area contributed by atoms with Crippen LogP contribution in [0.2, 0.25) is 5.02 Å². The Kier molecular flexibility index (Phi) is 5.03. The molecule has 0 aliphatic rings. The van der Waals surface area contributed by atoms with E-state index in [0.29, 0.717) is 3.57 Å². The molecule has 114 valence electrons. The van der Waals surface area contributed by atoms with Gasteiger partial charge in [0.05, 0.1) is 20.1 Å². The summed E-state index contributed by atoms with van der Waals surface area (Å²) in [5.41, 5.74) is 5.33. The van der Waals surface area contributed by atoms with Crippen LogP contribution in [0.25, 0.3) is 0 Å². The van der Waals surface area contributed by atoms with Crippen molar-refractivity contribution in [3.63, 3.8) is 0 Å². The van der Waals surface area contributed by atoms with Crippen LogP contribution in [0.3, 0.4) is 0 Å². The Morgan fingerprint density at radius 3 is 2.59 bits per heavy atom. The van der Waals surface area contributed by atoms with Crippen molar-refractivity contribution in [3.05, 3.63) is 64.4 Å². The van der Waals surface area contributed by atoms with E-state index < -0.39 is 22.2 Å². The number of nitro benzene ring substituents is 1. The standard InChI is InChI=1S/C13H6BrClFIN2O3/c14-11-10(9(19(21)22)4-8(17)12(11)18)13(20)6-2-1-5(16)3-7(6)15/h1-4H,18H2. The topological polar surface area (TPSA) is 86.2 Å². The first-order chi connectivity index (χ1) is 10.2. The summed E-state index contributed by atoms with van der Waals surface area (Å²) in [6, 6.07) is 4.38. The van der Waals surface area contributed by atoms with Crippen molar-refractivity contribution >= 4 is 67.3 Å². The summed E-state index contributed by atoms with van der Waals surface area (Å²) in [5, 5.41) is 11.1. The maximum atomic E-state index is 13.1. The molecule has 9 heteroatoms. The Hall–Kier alpha value is -1.26. The molecule has 0 atom stereocenters. The summed E-state index contributed by atoms with van der Waals surface area (Å²) < 4.78 is 13.6. The van der Waals surface area contributed by atoms with Crippen molar-refractivity contribution in [2.24, 2.45) is 0 Å². The largest absolute Gasteiger partial charge is 0.397 e. The molecule has 0 spiro atoms. The number of hydrogen-bond acceptors (Lipinski definition) is 4. The maximum absolute atomic E-state index is 13.1. The summed E-state index contributed by atoms with van der Waals surface area (Å²) in [7, 11) is 0. The molecule has 0 saturated carbocycles. The van der Waals surface area contributed by atoms with Gasteiger partial charge >= 0.3 is 0 Å². The van der Waals surface area contributed by atoms with Crippen molar-refractivity contribution in [3.8, 4) is 0 Å². The molecule has 0 fully saturated rings. The Morgan fingerprint density at radius 2 is 2.05 bits per heavy atom. The fourth-order valence-electron chi connectivity index (χ4n) is 1.79. The molecule has 0 aliphatic heterocycles. The van der Waals surface area contributed by atoms with Gasteiger partial charge in [-0.3, -0.25) is 14.9 Å². The van der Waals surface area contributed by atoms with Crippen LogP contribution in [0.1, 0.15) is 15.9 Å². The van der Waals surface area contributed by atoms with Crippen LogP contribution in [0.4, 0.5) is 15.8 Å². The lowest BCUT2D eigenvalue weighted by atomic mass is 10.0. The van der Waals surface area contributed by atoms with Gasteiger partial charge in [0.2, 0.25) is 5.78 Å². The minimum atomic E-state index is -0.716. The van der Waals surface area contributed by atoms with Gasteiger partial charge in [0.15, 0.2) is 0 Å². The third kappa shape index (κ3) is 3.08. The van der Waals surface area contributed by atoms with Crippen molar-refractivity contribution in [1.82, 2.24) is 0 Å². The predicted molar refractivity (Wildman–Crippen MR) is 92.8 cm³/mol. The van der Waals surface area contributed by atoms with E-state index in [4.69, 9.17) is 17.3 Å². The molecule has 0 heterocycles. The third-order valence-electron chi connectivity index (χ3n) is 2.83. The molecule has 0 amide bonds. The highest BCUT2D eigenvalue weighted by atomic mass is 127. The fraction of sp³-hybridized carbons (Fsp3) is 0. The van der Waals surface area contributed by atoms with Gasteiger partial charge < -0.3 is 5.73 Å². The number of nitrogens with two attached hydrogens (primary N) is 1. The summed E-state index contributed by atoms with van der Waals surface area (Å²) >= 11 is 10.8. The van der Waals surface area contributed by atoms with Gasteiger partial charge in [-0.05, 0) is 56.7 Å². The molecule has 0 saturated heterocycles. The zero-order chi connectivity index (χ0) is 16.6. The Bertz CT molecular complexity index is 816. The smallest absolute Gasteiger partial charge is 0.282 e. The highest BCUT2D eigenvalue weighted by Crippen LogP contribution is 2.37. The number of anilines is 1. The quantitative estimate of drug-likeness (QED) is 0.221. The van der Waals surface area contributed by atoms with E-state index in [-0.39, 0.29) is 26.3 Å². The Morgan fingerprint density at radius 1 is 1.41 bits per heavy atom. The van der Waals surface area contributed by atoms with E-state index in [1.165, 1.54) is 12.1 Å². The van der Waals surface area contributed by atoms with E-state index in [1.807, 2.05) is 22.6 Å². The van der Waals surface area contributed by atoms with Gasteiger partial charge in [0, 0.05) is 15.2 Å². The number of rotatable bonds is 3. The lowest BCUT2D eigenvalue weighted by Gasteiger charge is -2.10. The molecule has 2 N–H and O–H groups in total. The zero-order valence-corrected chi connectivity index (χ0v) is 15.1. The lowest BCUT2D eigenvalue weighted by Crippen LogP contribution is -2.10. The number of nitrogen functional groups attached to an aromatic ring is 1. The van der Waals surface area contributed by atoms with Crippen molar-refractivity contribution in [1.29, 1.82) is 0 Å². The highest BCUT2D eigenvalue weighted by Gasteiger charge is 2.28. The fourth-order valence-corrected chi connectivity index (χ4v) is 3.58. The monoisotopic (exact) mass is 498 g/mol. The van der Waals surface area contributed by atoms with Crippen LogP contribution in [-0.2, 0) is 0 Å². The molecule has 22 heavy (non-hydrogen) atoms. The number of hydrogen-bond donors (Lipinski definition) is 1. The van der Waals surface area contributed by atoms with Gasteiger partial charge in [-0.2, -0.15) is 0 Å². The molecule has 0 aromatic heterocycles. The number of carbonyl (C=O) groups is 1. The van der Waals surface area contributed by atoms with Crippen molar-refractivity contribution in [2.45, 2.75) is 0 Å². The molecule has 0 bridgehead atoms. The predicted octanol–water partition coefficient (Wildman–Crippen LogP) is 4.57. The number of nitrogens with zero attached hydrogens (tertiary/aromatic N) is 1. The van der Waals surface area contributed by atoms with Gasteiger partial charge in [0.25, 0.3) is 5.69 Å². The molecule has 0 unspecified atom stereocenters. The molecule has 5 nitrogen and oxygen atoms in total. The number of nitro groups is 1. The number of carbonyl (C=O) groups excluding carboxylic acids is 1. The van der Waals surface area contributed by atoms with Crippen LogP contribution in [0.15, 0.2) is 28.7 Å². The number of ketones is 1. The summed E-state index contributed by atoms with van der Waals surface area (Å²) in [6.07, 6.45) is 0. The second-order valence-corrected chi connectivity index (χ2v) is 6.55. The van der Waals surface area contributed by atoms with Gasteiger partial charge in [-0.1, -0.05) is 11.6 Å². The summed E-state index contributed by atoms with van der Waals surface area (Å²) in [6.45, 7) is 0. The molecule has 2 aromatic carbocycles. The van der Waals surface area contributed by atoms with E-state index in [0.717, 1.165) is 12.1 Å². The molecule has 0 aliphatic carbocycles. The second kappa shape index (κ2) is 6.47. The van der Waals surface area contributed by atoms with Gasteiger partial charge in [-0.25, -0.2) is 4.39 Å². The number of halogens is 4. The molecular formula is C13H6BrClFIN2O3. The molecule has 2 aromatic rings. The van der Waals surface area contributed by atoms with Crippen LogP contribution < -0.4 is 5.73 Å². The molecular weight excluding hydrogens is 493 g/mol. The number of benzene rings is 2. The average molecular weight is 499 g/mol. The average Bonchev–Trinajstić information content (AvgIpc) is 2.43. The first-order valence-corrected chi connectivity index (χ1v) is 7.90. The third-order valence-corrected chi connectivity index (χ3v) is 4.86. The van der Waals surface area contributed by atoms with Gasteiger partial charge in [-0.15, -0.1) is 0 Å². The van der Waals surface area contributed by atoms with E-state index in [2.05, 4.69) is 15.9 Å². The minimum Gasteiger partial charge on any atom is -0.397 e. The van der Waals surface area contributed by atoms with Crippen LogP contribution in [0.5, 0.6) is 0 Å². The molecule has 0 radical (unpaired) electrons. The van der Waals surface area contributed by atoms with Crippen molar-refractivity contribution in [2.75, 3.05) is 5.73 Å². The second-order valence-electron chi connectivity index (χ2n) is 4.19. The van der Waals surface area contributed by atoms with E-state index >= 15 is 0 Å². The zero-order valence-electron chi connectivity index (χ0n) is 10.6. The molecule has 2 rings (SSSR count). The van der Waals surface area contributed by atoms with E-state index in [1.54, 1.807) is 0 Å². The Labute approximate surface area is 151 Å². The van der Waals surface area contributed by atoms with Crippen LogP contribution in [0, 0.1) is 19.5 Å². The minimum absolute atomic E-state index is 0.0486. The normalized spacial score (nSPS) is 10.5. The maximum Gasteiger partial charge on any atom is 0.282 e.